The minimum absolute atomic E-state index is 0.0612. The predicted molar refractivity (Wildman–Crippen MR) is 204 cm³/mol. The number of halogens is 6. The van der Waals surface area contributed by atoms with Crippen LogP contribution >= 0.6 is 11.3 Å². The number of nitrogens with two attached hydrogens (primary N) is 2. The molecule has 0 spiro atoms. The van der Waals surface area contributed by atoms with E-state index in [1.807, 2.05) is 11.0 Å². The number of hydrogen-bond acceptors (Lipinski definition) is 12. The topological polar surface area (TPSA) is 157 Å². The van der Waals surface area contributed by atoms with Crippen LogP contribution in [0.25, 0.3) is 32.1 Å². The number of anilines is 3. The molecule has 4 N–H and O–H groups in total. The van der Waals surface area contributed by atoms with Gasteiger partial charge in [-0.25, -0.2) is 18.2 Å². The summed E-state index contributed by atoms with van der Waals surface area (Å²) >= 11 is 0.664. The van der Waals surface area contributed by atoms with Crippen LogP contribution < -0.4 is 25.8 Å². The van der Waals surface area contributed by atoms with E-state index in [-0.39, 0.29) is 76.4 Å². The lowest BCUT2D eigenvalue weighted by Crippen LogP contribution is -2.43. The Kier molecular flexibility index (Phi) is 9.23. The fourth-order valence-electron chi connectivity index (χ4n) is 8.89. The third kappa shape index (κ3) is 6.16. The molecule has 0 radical (unpaired) electrons. The van der Waals surface area contributed by atoms with Crippen molar-refractivity contribution in [3.63, 3.8) is 0 Å². The quantitative estimate of drug-likeness (QED) is 0.140. The number of benzene rings is 2. The second-order valence-corrected chi connectivity index (χ2v) is 15.7. The van der Waals surface area contributed by atoms with Gasteiger partial charge in [-0.3, -0.25) is 9.58 Å². The highest BCUT2D eigenvalue weighted by Gasteiger charge is 2.50. The Labute approximate surface area is 330 Å². The Morgan fingerprint density at radius 3 is 2.71 bits per heavy atom. The molecule has 3 aliphatic heterocycles. The molecule has 3 atom stereocenters. The van der Waals surface area contributed by atoms with Crippen LogP contribution in [-0.2, 0) is 12.7 Å². The maximum atomic E-state index is 17.7. The molecular formula is C39H34F6N10O2S. The second kappa shape index (κ2) is 14.2. The van der Waals surface area contributed by atoms with Crippen molar-refractivity contribution in [1.29, 1.82) is 5.26 Å². The van der Waals surface area contributed by atoms with Gasteiger partial charge in [-0.2, -0.15) is 33.5 Å². The molecule has 0 bridgehead atoms. The van der Waals surface area contributed by atoms with Gasteiger partial charge in [0.15, 0.2) is 5.82 Å². The zero-order valence-corrected chi connectivity index (χ0v) is 31.4. The Morgan fingerprint density at radius 1 is 1.10 bits per heavy atom. The van der Waals surface area contributed by atoms with Gasteiger partial charge in [-0.15, -0.1) is 11.3 Å². The normalized spacial score (nSPS) is 19.9. The Hall–Kier alpha value is -5.87. The van der Waals surface area contributed by atoms with E-state index in [1.54, 1.807) is 40.2 Å². The average Bonchev–Trinajstić information content (AvgIpc) is 3.96. The lowest BCUT2D eigenvalue weighted by Gasteiger charge is -2.33. The summed E-state index contributed by atoms with van der Waals surface area (Å²) in [5, 5.41) is 13.5. The van der Waals surface area contributed by atoms with Gasteiger partial charge in [0.05, 0.1) is 33.8 Å². The zero-order valence-electron chi connectivity index (χ0n) is 30.6. The van der Waals surface area contributed by atoms with Gasteiger partial charge in [-0.05, 0) is 49.6 Å². The molecule has 6 aromatic rings. The molecule has 7 heterocycles. The van der Waals surface area contributed by atoms with Crippen molar-refractivity contribution in [2.45, 2.75) is 56.2 Å². The number of aromatic nitrogens is 5. The number of hydrogen-bond donors (Lipinski definition) is 2. The Balaban J connectivity index is 1.31. The maximum Gasteiger partial charge on any atom is 0.420 e. The van der Waals surface area contributed by atoms with Crippen molar-refractivity contribution in [1.82, 2.24) is 29.6 Å². The molecule has 4 aromatic heterocycles. The number of ether oxygens (including phenoxy) is 2. The van der Waals surface area contributed by atoms with E-state index in [4.69, 9.17) is 25.9 Å². The van der Waals surface area contributed by atoms with E-state index in [9.17, 15) is 9.65 Å². The largest absolute Gasteiger partial charge is 0.490 e. The molecule has 0 saturated carbocycles. The first-order valence-electron chi connectivity index (χ1n) is 18.5. The number of aryl methyl sites for hydroxylation is 1. The maximum absolute atomic E-state index is 17.7. The number of nitriles is 1. The highest BCUT2D eigenvalue weighted by Crippen LogP contribution is 2.54. The highest BCUT2D eigenvalue weighted by molar-refractivity contribution is 7.23. The first-order valence-corrected chi connectivity index (χ1v) is 19.3. The van der Waals surface area contributed by atoms with Gasteiger partial charge >= 0.3 is 12.2 Å². The molecule has 2 aromatic carbocycles. The molecule has 58 heavy (non-hydrogen) atoms. The Morgan fingerprint density at radius 2 is 1.95 bits per heavy atom. The van der Waals surface area contributed by atoms with Crippen LogP contribution in [0.5, 0.6) is 11.8 Å². The van der Waals surface area contributed by atoms with E-state index < -0.39 is 63.5 Å². The minimum atomic E-state index is -5.26. The number of fused-ring (bicyclic) bond motifs is 2. The van der Waals surface area contributed by atoms with Crippen LogP contribution in [0.15, 0.2) is 48.9 Å². The number of nitrogen functional groups attached to an aromatic ring is 2. The third-order valence-corrected chi connectivity index (χ3v) is 12.4. The van der Waals surface area contributed by atoms with E-state index in [1.165, 1.54) is 6.20 Å². The minimum Gasteiger partial charge on any atom is -0.490 e. The number of alkyl halides is 4. The van der Waals surface area contributed by atoms with Gasteiger partial charge in [0.25, 0.3) is 0 Å². The molecule has 2 saturated heterocycles. The number of thiophene rings is 1. The molecular weight excluding hydrogens is 787 g/mol. The third-order valence-electron chi connectivity index (χ3n) is 11.4. The van der Waals surface area contributed by atoms with Crippen molar-refractivity contribution >= 4 is 49.0 Å². The number of nitrogens with zero attached hydrogens (tertiary/aromatic N) is 8. The standard InChI is InChI=1S/C39H34F6N10O2S/c40-20-16-38(8-2-11-53(38)18-20)19-57-37-51-31-28-32(29(39(43,44)45)27(30(31)42)22-5-6-24(41)33-26(22)23(17-46)35(48)58-33)56-15-14-55(36(28)52-37)25(7-13-54-12-3-10-50-54)21-4-1-9-49-34(21)47/h1,3-6,9-10,12,20,25H,2,7-8,11,13-16,18-19,48H2,(H2,47,49)/t20-,25-,38+/m1/s1. The van der Waals surface area contributed by atoms with Crippen LogP contribution in [0, 0.1) is 23.0 Å². The smallest absolute Gasteiger partial charge is 0.420 e. The van der Waals surface area contributed by atoms with Crippen molar-refractivity contribution < 1.29 is 35.8 Å². The number of pyridine rings is 1. The summed E-state index contributed by atoms with van der Waals surface area (Å²) in [7, 11) is 0. The molecule has 9 rings (SSSR count). The monoisotopic (exact) mass is 820 g/mol. The molecule has 12 nitrogen and oxygen atoms in total. The van der Waals surface area contributed by atoms with Crippen LogP contribution in [0.4, 0.5) is 43.0 Å². The lowest BCUT2D eigenvalue weighted by molar-refractivity contribution is -0.138. The fraction of sp³-hybridized carbons (Fsp3) is 0.359. The van der Waals surface area contributed by atoms with Crippen molar-refractivity contribution in [3.8, 4) is 29.0 Å². The summed E-state index contributed by atoms with van der Waals surface area (Å²) < 4.78 is 108. The molecule has 0 aliphatic carbocycles. The first-order chi connectivity index (χ1) is 27.9. The summed E-state index contributed by atoms with van der Waals surface area (Å²) in [5.74, 6) is -3.02. The summed E-state index contributed by atoms with van der Waals surface area (Å²) in [6.07, 6.45) is 0.460. The van der Waals surface area contributed by atoms with Crippen LogP contribution in [0.3, 0.4) is 0 Å². The average molecular weight is 821 g/mol. The van der Waals surface area contributed by atoms with Crippen LogP contribution in [-0.4, -0.2) is 74.2 Å². The molecule has 300 valence electrons. The van der Waals surface area contributed by atoms with Crippen molar-refractivity contribution in [2.75, 3.05) is 49.2 Å². The van der Waals surface area contributed by atoms with Gasteiger partial charge in [0, 0.05) is 54.6 Å². The summed E-state index contributed by atoms with van der Waals surface area (Å²) in [5.41, 5.74) is 8.50. The molecule has 0 amide bonds. The van der Waals surface area contributed by atoms with Crippen LogP contribution in [0.1, 0.15) is 48.4 Å². The second-order valence-electron chi connectivity index (χ2n) is 14.7. The molecule has 3 aliphatic rings. The first kappa shape index (κ1) is 37.7. The molecule has 19 heteroatoms. The Bertz CT molecular complexity index is 2610. The lowest BCUT2D eigenvalue weighted by atomic mass is 9.91. The molecule has 2 fully saturated rings. The van der Waals surface area contributed by atoms with E-state index in [0.717, 1.165) is 18.6 Å². The zero-order chi connectivity index (χ0) is 40.5. The van der Waals surface area contributed by atoms with E-state index in [2.05, 4.69) is 15.1 Å². The highest BCUT2D eigenvalue weighted by atomic mass is 32.1. The van der Waals surface area contributed by atoms with Crippen molar-refractivity contribution in [2.24, 2.45) is 0 Å². The summed E-state index contributed by atoms with van der Waals surface area (Å²) in [6.45, 7) is 0.770. The van der Waals surface area contributed by atoms with Gasteiger partial charge in [0.2, 0.25) is 0 Å². The summed E-state index contributed by atoms with van der Waals surface area (Å²) in [6, 6.07) is 7.81. The van der Waals surface area contributed by atoms with Gasteiger partial charge in [0.1, 0.15) is 64.7 Å². The fourth-order valence-corrected chi connectivity index (χ4v) is 9.84. The van der Waals surface area contributed by atoms with E-state index in [0.29, 0.717) is 42.8 Å². The molecule has 0 unspecified atom stereocenters. The van der Waals surface area contributed by atoms with Crippen LogP contribution in [0.2, 0.25) is 0 Å². The van der Waals surface area contributed by atoms with Gasteiger partial charge < -0.3 is 25.8 Å². The number of rotatable bonds is 9. The van der Waals surface area contributed by atoms with Gasteiger partial charge in [-0.1, -0.05) is 12.1 Å². The summed E-state index contributed by atoms with van der Waals surface area (Å²) in [4.78, 5) is 17.1. The predicted octanol–water partition coefficient (Wildman–Crippen LogP) is 7.42. The van der Waals surface area contributed by atoms with Crippen molar-refractivity contribution in [3.05, 3.63) is 77.2 Å². The van der Waals surface area contributed by atoms with E-state index >= 15 is 22.0 Å². The SMILES string of the molecule is N#Cc1c(N)sc2c(F)ccc(-c3c(C(F)(F)F)c4c5c(nc(OC[C@@]67CCCN6C[C@H](F)C7)nc5c3F)N([C@H](CCn3cccn3)c3cccnc3N)CCO4)c12.